The fourth-order valence-electron chi connectivity index (χ4n) is 3.14. The lowest BCUT2D eigenvalue weighted by atomic mass is 9.96. The normalized spacial score (nSPS) is 20.1. The molecule has 140 valence electrons. The Bertz CT molecular complexity index is 743. The maximum absolute atomic E-state index is 12.7. The Labute approximate surface area is 158 Å². The van der Waals surface area contributed by atoms with Crippen LogP contribution in [0.3, 0.4) is 0 Å². The van der Waals surface area contributed by atoms with Gasteiger partial charge in [-0.05, 0) is 51.7 Å². The molecule has 1 saturated heterocycles. The highest BCUT2D eigenvalue weighted by molar-refractivity contribution is 7.98. The molecule has 2 atom stereocenters. The smallest absolute Gasteiger partial charge is 0.254 e. The molecular formula is C19H25N3O3S. The number of nitrogens with one attached hydrogen (secondary N) is 1. The number of carbonyl (C=O) groups is 1. The van der Waals surface area contributed by atoms with E-state index in [1.807, 2.05) is 19.9 Å². The molecular weight excluding hydrogens is 350 g/mol. The first kappa shape index (κ1) is 18.9. The van der Waals surface area contributed by atoms with E-state index in [0.717, 1.165) is 41.5 Å². The molecule has 1 aliphatic rings. The summed E-state index contributed by atoms with van der Waals surface area (Å²) in [5.74, 6) is 1.89. The fraction of sp³-hybridized carbons (Fsp3) is 0.526. The van der Waals surface area contributed by atoms with E-state index in [2.05, 4.69) is 22.4 Å². The number of hydrogen-bond acceptors (Lipinski definition) is 6. The molecule has 26 heavy (non-hydrogen) atoms. The molecule has 0 aromatic carbocycles. The second kappa shape index (κ2) is 8.68. The minimum absolute atomic E-state index is 0.0708. The summed E-state index contributed by atoms with van der Waals surface area (Å²) in [5, 5.41) is 7.77. The van der Waals surface area contributed by atoms with E-state index in [4.69, 9.17) is 9.26 Å². The zero-order valence-corrected chi connectivity index (χ0v) is 16.3. The lowest BCUT2D eigenvalue weighted by Gasteiger charge is -2.27. The number of nitrogens with zero attached hydrogens (tertiary/aromatic N) is 2. The molecule has 2 unspecified atom stereocenters. The molecule has 0 radical (unpaired) electrons. The highest BCUT2D eigenvalue weighted by atomic mass is 32.2. The second-order valence-electron chi connectivity index (χ2n) is 6.73. The quantitative estimate of drug-likeness (QED) is 0.779. The Balaban J connectivity index is 1.61. The van der Waals surface area contributed by atoms with Crippen LogP contribution in [0.25, 0.3) is 0 Å². The average molecular weight is 375 g/mol. The van der Waals surface area contributed by atoms with Gasteiger partial charge in [0.1, 0.15) is 10.8 Å². The maximum atomic E-state index is 12.7. The highest BCUT2D eigenvalue weighted by Crippen LogP contribution is 2.27. The zero-order valence-electron chi connectivity index (χ0n) is 15.4. The summed E-state index contributed by atoms with van der Waals surface area (Å²) < 4.78 is 10.8. The van der Waals surface area contributed by atoms with E-state index in [1.165, 1.54) is 11.8 Å². The van der Waals surface area contributed by atoms with Gasteiger partial charge in [0, 0.05) is 30.7 Å². The summed E-state index contributed by atoms with van der Waals surface area (Å²) in [6.45, 7) is 7.35. The number of carbonyl (C=O) groups excluding carboxylic acids is 1. The molecule has 0 aliphatic carbocycles. The monoisotopic (exact) mass is 375 g/mol. The molecule has 2 aromatic heterocycles. The number of aromatic nitrogens is 2. The number of ether oxygens (including phenoxy) is 1. The van der Waals surface area contributed by atoms with Gasteiger partial charge in [-0.2, -0.15) is 0 Å². The highest BCUT2D eigenvalue weighted by Gasteiger charge is 2.21. The molecule has 3 rings (SSSR count). The third-order valence-electron chi connectivity index (χ3n) is 4.70. The largest absolute Gasteiger partial charge is 0.378 e. The van der Waals surface area contributed by atoms with E-state index in [0.29, 0.717) is 23.8 Å². The molecule has 1 fully saturated rings. The molecule has 7 heteroatoms. The van der Waals surface area contributed by atoms with Crippen molar-refractivity contribution in [2.45, 2.75) is 50.5 Å². The van der Waals surface area contributed by atoms with Gasteiger partial charge in [-0.3, -0.25) is 4.79 Å². The van der Waals surface area contributed by atoms with Gasteiger partial charge in [0.05, 0.1) is 17.4 Å². The molecule has 6 nitrogen and oxygen atoms in total. The van der Waals surface area contributed by atoms with Crippen molar-refractivity contribution in [1.82, 2.24) is 15.5 Å². The first-order chi connectivity index (χ1) is 12.5. The van der Waals surface area contributed by atoms with Gasteiger partial charge < -0.3 is 14.6 Å². The number of rotatable bonds is 6. The van der Waals surface area contributed by atoms with Gasteiger partial charge in [0.15, 0.2) is 0 Å². The summed E-state index contributed by atoms with van der Waals surface area (Å²) >= 11 is 1.53. The van der Waals surface area contributed by atoms with E-state index in [9.17, 15) is 4.79 Å². The molecule has 0 bridgehead atoms. The lowest BCUT2D eigenvalue weighted by Crippen LogP contribution is -2.34. The topological polar surface area (TPSA) is 77.2 Å². The first-order valence-corrected chi connectivity index (χ1v) is 9.92. The standard InChI is InChI=1S/C19H25N3O3S/c1-12-9-15(6-8-24-12)10-21-18(23)16-5-4-7-20-19(16)26-11-17-13(2)22-25-14(17)3/h4-5,7,12,15H,6,8-11H2,1-3H3,(H,21,23). The number of aryl methyl sites for hydroxylation is 2. The van der Waals surface area contributed by atoms with Crippen LogP contribution in [0.5, 0.6) is 0 Å². The SMILES string of the molecule is Cc1noc(C)c1CSc1ncccc1C(=O)NCC1CCOC(C)C1. The van der Waals surface area contributed by atoms with Gasteiger partial charge in [0.25, 0.3) is 5.91 Å². The predicted molar refractivity (Wildman–Crippen MR) is 100 cm³/mol. The third-order valence-corrected chi connectivity index (χ3v) is 5.73. The van der Waals surface area contributed by atoms with E-state index in [-0.39, 0.29) is 12.0 Å². The Kier molecular flexibility index (Phi) is 6.32. The summed E-state index contributed by atoms with van der Waals surface area (Å²) in [7, 11) is 0. The van der Waals surface area contributed by atoms with E-state index >= 15 is 0 Å². The van der Waals surface area contributed by atoms with Crippen LogP contribution in [0.2, 0.25) is 0 Å². The summed E-state index contributed by atoms with van der Waals surface area (Å²) in [6, 6.07) is 3.62. The summed E-state index contributed by atoms with van der Waals surface area (Å²) in [4.78, 5) is 17.1. The van der Waals surface area contributed by atoms with Gasteiger partial charge in [-0.1, -0.05) is 5.16 Å². The molecule has 1 aliphatic heterocycles. The molecule has 1 N–H and O–H groups in total. The summed E-state index contributed by atoms with van der Waals surface area (Å²) in [5.41, 5.74) is 2.55. The van der Waals surface area contributed by atoms with Crippen LogP contribution in [0.1, 0.15) is 47.1 Å². The number of thioether (sulfide) groups is 1. The number of pyridine rings is 1. The minimum Gasteiger partial charge on any atom is -0.378 e. The first-order valence-electron chi connectivity index (χ1n) is 8.94. The van der Waals surface area contributed by atoms with Gasteiger partial charge >= 0.3 is 0 Å². The Morgan fingerprint density at radius 3 is 3.00 bits per heavy atom. The Morgan fingerprint density at radius 2 is 2.27 bits per heavy atom. The fourth-order valence-corrected chi connectivity index (χ4v) is 4.28. The Morgan fingerprint density at radius 1 is 1.42 bits per heavy atom. The van der Waals surface area contributed by atoms with Crippen LogP contribution in [-0.2, 0) is 10.5 Å². The molecule has 2 aromatic rings. The van der Waals surface area contributed by atoms with Crippen molar-refractivity contribution >= 4 is 17.7 Å². The van der Waals surface area contributed by atoms with Crippen LogP contribution < -0.4 is 5.32 Å². The van der Waals surface area contributed by atoms with Crippen molar-refractivity contribution in [3.05, 3.63) is 40.9 Å². The van der Waals surface area contributed by atoms with Crippen molar-refractivity contribution < 1.29 is 14.1 Å². The van der Waals surface area contributed by atoms with Crippen LogP contribution >= 0.6 is 11.8 Å². The zero-order chi connectivity index (χ0) is 18.5. The maximum Gasteiger partial charge on any atom is 0.254 e. The van der Waals surface area contributed by atoms with Crippen LogP contribution in [0.4, 0.5) is 0 Å². The minimum atomic E-state index is -0.0708. The summed E-state index contributed by atoms with van der Waals surface area (Å²) in [6.07, 6.45) is 3.96. The van der Waals surface area contributed by atoms with Crippen molar-refractivity contribution in [3.8, 4) is 0 Å². The van der Waals surface area contributed by atoms with Crippen LogP contribution in [-0.4, -0.2) is 35.3 Å². The number of amides is 1. The van der Waals surface area contributed by atoms with Crippen molar-refractivity contribution in [1.29, 1.82) is 0 Å². The molecule has 1 amide bonds. The van der Waals surface area contributed by atoms with Gasteiger partial charge in [-0.15, -0.1) is 11.8 Å². The molecule has 3 heterocycles. The van der Waals surface area contributed by atoms with Gasteiger partial charge in [-0.25, -0.2) is 4.98 Å². The predicted octanol–water partition coefficient (Wildman–Crippen LogP) is 3.52. The van der Waals surface area contributed by atoms with Crippen molar-refractivity contribution in [3.63, 3.8) is 0 Å². The molecule has 0 saturated carbocycles. The third kappa shape index (κ3) is 4.65. The van der Waals surface area contributed by atoms with Crippen LogP contribution in [0.15, 0.2) is 27.9 Å². The van der Waals surface area contributed by atoms with Crippen molar-refractivity contribution in [2.24, 2.45) is 5.92 Å². The van der Waals surface area contributed by atoms with Crippen molar-refractivity contribution in [2.75, 3.05) is 13.2 Å². The number of hydrogen-bond donors (Lipinski definition) is 1. The average Bonchev–Trinajstić information content (AvgIpc) is 2.96. The molecule has 0 spiro atoms. The second-order valence-corrected chi connectivity index (χ2v) is 7.69. The van der Waals surface area contributed by atoms with Crippen LogP contribution in [0, 0.1) is 19.8 Å². The van der Waals surface area contributed by atoms with E-state index < -0.39 is 0 Å². The van der Waals surface area contributed by atoms with E-state index in [1.54, 1.807) is 12.3 Å². The lowest BCUT2D eigenvalue weighted by molar-refractivity contribution is 0.00301. The Hall–Kier alpha value is -1.86. The van der Waals surface area contributed by atoms with Gasteiger partial charge in [0.2, 0.25) is 0 Å².